The van der Waals surface area contributed by atoms with E-state index in [1.807, 2.05) is 36.4 Å². The van der Waals surface area contributed by atoms with Crippen LogP contribution in [0.15, 0.2) is 48.8 Å². The molecule has 0 aliphatic rings. The lowest BCUT2D eigenvalue weighted by atomic mass is 10.2. The predicted octanol–water partition coefficient (Wildman–Crippen LogP) is 2.38. The Morgan fingerprint density at radius 3 is 2.70 bits per heavy atom. The van der Waals surface area contributed by atoms with Gasteiger partial charge in [0.15, 0.2) is 0 Å². The molecule has 2 aromatic rings. The van der Waals surface area contributed by atoms with Crippen LogP contribution in [0.2, 0.25) is 0 Å². The molecule has 0 aliphatic carbocycles. The number of benzene rings is 1. The van der Waals surface area contributed by atoms with Gasteiger partial charge in [0.1, 0.15) is 0 Å². The third kappa shape index (κ3) is 6.08. The first-order chi connectivity index (χ1) is 11.1. The van der Waals surface area contributed by atoms with E-state index in [9.17, 15) is 4.79 Å². The Morgan fingerprint density at radius 1 is 1.17 bits per heavy atom. The Hall–Kier alpha value is -2.40. The second-order valence-corrected chi connectivity index (χ2v) is 5.71. The first-order valence-corrected chi connectivity index (χ1v) is 7.81. The minimum atomic E-state index is -0.113. The summed E-state index contributed by atoms with van der Waals surface area (Å²) in [4.78, 5) is 18.5. The number of rotatable bonds is 8. The first-order valence-electron chi connectivity index (χ1n) is 7.81. The van der Waals surface area contributed by atoms with Gasteiger partial charge in [-0.05, 0) is 38.7 Å². The van der Waals surface area contributed by atoms with E-state index in [1.165, 1.54) is 0 Å². The van der Waals surface area contributed by atoms with Gasteiger partial charge >= 0.3 is 0 Å². The van der Waals surface area contributed by atoms with E-state index in [-0.39, 0.29) is 5.91 Å². The molecule has 0 atom stereocenters. The van der Waals surface area contributed by atoms with E-state index in [4.69, 9.17) is 0 Å². The molecule has 1 amide bonds. The van der Waals surface area contributed by atoms with Crippen molar-refractivity contribution < 1.29 is 4.79 Å². The zero-order valence-electron chi connectivity index (χ0n) is 13.7. The quantitative estimate of drug-likeness (QED) is 0.735. The summed E-state index contributed by atoms with van der Waals surface area (Å²) in [7, 11) is 4.11. The van der Waals surface area contributed by atoms with Crippen LogP contribution in [0.4, 0.5) is 5.69 Å². The van der Waals surface area contributed by atoms with Crippen LogP contribution in [0.25, 0.3) is 0 Å². The summed E-state index contributed by atoms with van der Waals surface area (Å²) in [6.45, 7) is 2.40. The van der Waals surface area contributed by atoms with Crippen LogP contribution < -0.4 is 10.6 Å². The van der Waals surface area contributed by atoms with Crippen LogP contribution in [0.5, 0.6) is 0 Å². The number of amides is 1. The number of aromatic nitrogens is 1. The first kappa shape index (κ1) is 17.0. The van der Waals surface area contributed by atoms with Crippen molar-refractivity contribution in [2.24, 2.45) is 0 Å². The maximum Gasteiger partial charge on any atom is 0.253 e. The molecule has 1 aromatic carbocycles. The number of pyridine rings is 1. The molecule has 5 nitrogen and oxygen atoms in total. The number of hydrogen-bond donors (Lipinski definition) is 2. The number of nitrogens with zero attached hydrogens (tertiary/aromatic N) is 2. The van der Waals surface area contributed by atoms with Crippen molar-refractivity contribution in [3.05, 3.63) is 59.9 Å². The Bertz CT molecular complexity index is 613. The Morgan fingerprint density at radius 2 is 1.96 bits per heavy atom. The molecule has 0 fully saturated rings. The molecule has 0 bridgehead atoms. The predicted molar refractivity (Wildman–Crippen MR) is 93.5 cm³/mol. The maximum atomic E-state index is 12.2. The minimum absolute atomic E-state index is 0.113. The highest BCUT2D eigenvalue weighted by molar-refractivity contribution is 5.94. The molecular formula is C18H24N4O. The summed E-state index contributed by atoms with van der Waals surface area (Å²) >= 11 is 0. The van der Waals surface area contributed by atoms with E-state index in [0.29, 0.717) is 12.1 Å². The zero-order chi connectivity index (χ0) is 16.5. The average Bonchev–Trinajstić information content (AvgIpc) is 2.57. The molecule has 23 heavy (non-hydrogen) atoms. The summed E-state index contributed by atoms with van der Waals surface area (Å²) in [5.74, 6) is -0.113. The van der Waals surface area contributed by atoms with Crippen LogP contribution in [0.1, 0.15) is 22.3 Å². The minimum Gasteiger partial charge on any atom is -0.384 e. The van der Waals surface area contributed by atoms with Crippen molar-refractivity contribution >= 4 is 11.6 Å². The fourth-order valence-corrected chi connectivity index (χ4v) is 2.17. The van der Waals surface area contributed by atoms with Gasteiger partial charge in [-0.3, -0.25) is 9.78 Å². The van der Waals surface area contributed by atoms with Crippen LogP contribution in [0, 0.1) is 0 Å². The van der Waals surface area contributed by atoms with Gasteiger partial charge in [0.25, 0.3) is 5.91 Å². The van der Waals surface area contributed by atoms with Crippen molar-refractivity contribution in [1.29, 1.82) is 0 Å². The maximum absolute atomic E-state index is 12.2. The summed E-state index contributed by atoms with van der Waals surface area (Å²) in [5.41, 5.74) is 2.52. The zero-order valence-corrected chi connectivity index (χ0v) is 13.7. The molecule has 5 heteroatoms. The van der Waals surface area contributed by atoms with Crippen molar-refractivity contribution in [3.63, 3.8) is 0 Å². The second kappa shape index (κ2) is 8.90. The molecule has 0 radical (unpaired) electrons. The largest absolute Gasteiger partial charge is 0.384 e. The van der Waals surface area contributed by atoms with Crippen molar-refractivity contribution in [3.8, 4) is 0 Å². The fourth-order valence-electron chi connectivity index (χ4n) is 2.17. The Kier molecular flexibility index (Phi) is 6.56. The van der Waals surface area contributed by atoms with Crippen molar-refractivity contribution in [2.45, 2.75) is 13.0 Å². The van der Waals surface area contributed by atoms with Crippen LogP contribution >= 0.6 is 0 Å². The monoisotopic (exact) mass is 312 g/mol. The number of nitrogens with one attached hydrogen (secondary N) is 2. The third-order valence-electron chi connectivity index (χ3n) is 3.41. The fraction of sp³-hybridized carbons (Fsp3) is 0.333. The molecule has 2 N–H and O–H groups in total. The lowest BCUT2D eigenvalue weighted by Crippen LogP contribution is -2.23. The van der Waals surface area contributed by atoms with E-state index >= 15 is 0 Å². The normalized spacial score (nSPS) is 10.6. The summed E-state index contributed by atoms with van der Waals surface area (Å²) in [5, 5.41) is 6.21. The molecule has 2 rings (SSSR count). The molecule has 122 valence electrons. The highest BCUT2D eigenvalue weighted by Gasteiger charge is 2.06. The molecule has 1 aromatic heterocycles. The molecule has 0 saturated heterocycles. The van der Waals surface area contributed by atoms with Gasteiger partial charge in [0, 0.05) is 25.5 Å². The van der Waals surface area contributed by atoms with Crippen molar-refractivity contribution in [2.75, 3.05) is 32.5 Å². The van der Waals surface area contributed by atoms with Gasteiger partial charge in [-0.25, -0.2) is 0 Å². The van der Waals surface area contributed by atoms with Gasteiger partial charge in [0.05, 0.1) is 11.3 Å². The molecule has 1 heterocycles. The highest BCUT2D eigenvalue weighted by Crippen LogP contribution is 2.09. The number of anilines is 1. The topological polar surface area (TPSA) is 57.3 Å². The SMILES string of the molecule is CN(C)CCCNc1cncc(C(=O)NCc2ccccc2)c1. The smallest absolute Gasteiger partial charge is 0.253 e. The number of carbonyl (C=O) groups excluding carboxylic acids is 1. The van der Waals surface area contributed by atoms with Crippen molar-refractivity contribution in [1.82, 2.24) is 15.2 Å². The Labute approximate surface area is 137 Å². The Balaban J connectivity index is 1.84. The second-order valence-electron chi connectivity index (χ2n) is 5.71. The van der Waals surface area contributed by atoms with Gasteiger partial charge in [-0.2, -0.15) is 0 Å². The molecule has 0 aliphatic heterocycles. The lowest BCUT2D eigenvalue weighted by Gasteiger charge is -2.11. The average molecular weight is 312 g/mol. The third-order valence-corrected chi connectivity index (χ3v) is 3.41. The summed E-state index contributed by atoms with van der Waals surface area (Å²) in [6.07, 6.45) is 4.37. The lowest BCUT2D eigenvalue weighted by molar-refractivity contribution is 0.0950. The highest BCUT2D eigenvalue weighted by atomic mass is 16.1. The van der Waals surface area contributed by atoms with Crippen LogP contribution in [-0.2, 0) is 6.54 Å². The van der Waals surface area contributed by atoms with E-state index in [0.717, 1.165) is 30.8 Å². The van der Waals surface area contributed by atoms with Crippen LogP contribution in [0.3, 0.4) is 0 Å². The summed E-state index contributed by atoms with van der Waals surface area (Å²) in [6, 6.07) is 11.7. The number of hydrogen-bond acceptors (Lipinski definition) is 4. The van der Waals surface area contributed by atoms with Gasteiger partial charge in [-0.15, -0.1) is 0 Å². The van der Waals surface area contributed by atoms with Gasteiger partial charge < -0.3 is 15.5 Å². The molecule has 0 unspecified atom stereocenters. The molecule has 0 saturated carbocycles. The molecular weight excluding hydrogens is 288 g/mol. The van der Waals surface area contributed by atoms with Gasteiger partial charge in [0.2, 0.25) is 0 Å². The van der Waals surface area contributed by atoms with E-state index in [1.54, 1.807) is 12.4 Å². The van der Waals surface area contributed by atoms with Crippen LogP contribution in [-0.4, -0.2) is 43.0 Å². The number of carbonyl (C=O) groups is 1. The standard InChI is InChI=1S/C18H24N4O/c1-22(2)10-6-9-20-17-11-16(13-19-14-17)18(23)21-12-15-7-4-3-5-8-15/h3-5,7-8,11,13-14,20H,6,9-10,12H2,1-2H3,(H,21,23). The summed E-state index contributed by atoms with van der Waals surface area (Å²) < 4.78 is 0. The molecule has 0 spiro atoms. The van der Waals surface area contributed by atoms with E-state index in [2.05, 4.69) is 34.6 Å². The van der Waals surface area contributed by atoms with Gasteiger partial charge in [-0.1, -0.05) is 30.3 Å². The van der Waals surface area contributed by atoms with E-state index < -0.39 is 0 Å².